The van der Waals surface area contributed by atoms with Crippen molar-refractivity contribution in [3.8, 4) is 0 Å². The highest BCUT2D eigenvalue weighted by atomic mass is 16.3. The van der Waals surface area contributed by atoms with Crippen molar-refractivity contribution in [1.29, 1.82) is 0 Å². The van der Waals surface area contributed by atoms with Crippen LogP contribution >= 0.6 is 0 Å². The van der Waals surface area contributed by atoms with E-state index in [4.69, 9.17) is 20.3 Å². The van der Waals surface area contributed by atoms with Crippen molar-refractivity contribution in [3.05, 3.63) is 35.7 Å². The third-order valence-corrected chi connectivity index (χ3v) is 3.84. The van der Waals surface area contributed by atoms with Crippen molar-refractivity contribution >= 4 is 11.8 Å². The number of carbonyl (C=O) groups excluding carboxylic acids is 2. The molecule has 0 radical (unpaired) electrons. The van der Waals surface area contributed by atoms with Crippen LogP contribution in [0.5, 0.6) is 0 Å². The number of rotatable bonds is 8. The first kappa shape index (κ1) is 19.6. The lowest BCUT2D eigenvalue weighted by Crippen LogP contribution is -2.30. The van der Waals surface area contributed by atoms with Gasteiger partial charge in [0, 0.05) is 0 Å². The summed E-state index contributed by atoms with van der Waals surface area (Å²) in [5.41, 5.74) is 11.3. The molecule has 0 saturated carbocycles. The van der Waals surface area contributed by atoms with Gasteiger partial charge in [0.05, 0.1) is 6.04 Å². The van der Waals surface area contributed by atoms with Crippen LogP contribution in [0.15, 0.2) is 21.4 Å². The Morgan fingerprint density at radius 2 is 1.65 bits per heavy atom. The Morgan fingerprint density at radius 3 is 2.19 bits per heavy atom. The van der Waals surface area contributed by atoms with Gasteiger partial charge in [0.15, 0.2) is 11.4 Å². The molecule has 2 rings (SSSR count). The zero-order valence-corrected chi connectivity index (χ0v) is 15.4. The van der Waals surface area contributed by atoms with Gasteiger partial charge < -0.3 is 25.6 Å². The number of carbonyl (C=O) groups is 2. The monoisotopic (exact) mass is 363 g/mol. The molecule has 2 heterocycles. The summed E-state index contributed by atoms with van der Waals surface area (Å²) in [5, 5.41) is 2.80. The summed E-state index contributed by atoms with van der Waals surface area (Å²) in [6.45, 7) is 7.86. The molecule has 0 fully saturated rings. The summed E-state index contributed by atoms with van der Waals surface area (Å²) in [5.74, 6) is -0.260. The van der Waals surface area contributed by atoms with Gasteiger partial charge in [-0.15, -0.1) is 0 Å². The molecule has 5 N–H and O–H groups in total. The van der Waals surface area contributed by atoms with Gasteiger partial charge in [-0.3, -0.25) is 9.59 Å². The van der Waals surface area contributed by atoms with Crippen molar-refractivity contribution in [2.45, 2.75) is 46.2 Å². The zero-order valence-electron chi connectivity index (χ0n) is 15.4. The fourth-order valence-corrected chi connectivity index (χ4v) is 2.32. The van der Waals surface area contributed by atoms with Crippen LogP contribution in [0, 0.1) is 11.8 Å². The van der Waals surface area contributed by atoms with Gasteiger partial charge in [-0.25, -0.2) is 9.97 Å². The molecule has 0 unspecified atom stereocenters. The molecule has 9 nitrogen and oxygen atoms in total. The lowest BCUT2D eigenvalue weighted by molar-refractivity contribution is 0.0919. The minimum atomic E-state index is -0.696. The van der Waals surface area contributed by atoms with Crippen molar-refractivity contribution in [2.24, 2.45) is 23.3 Å². The molecule has 2 aromatic rings. The highest BCUT2D eigenvalue weighted by molar-refractivity contribution is 5.92. The Hall–Kier alpha value is -2.68. The molecule has 0 bridgehead atoms. The Balaban J connectivity index is 2.17. The molecule has 0 spiro atoms. The van der Waals surface area contributed by atoms with E-state index in [9.17, 15) is 9.59 Å². The van der Waals surface area contributed by atoms with Crippen LogP contribution in [-0.4, -0.2) is 21.8 Å². The van der Waals surface area contributed by atoms with Crippen LogP contribution in [0.4, 0.5) is 0 Å². The lowest BCUT2D eigenvalue weighted by atomic mass is 10.0. The molecule has 0 aromatic carbocycles. The average molecular weight is 363 g/mol. The van der Waals surface area contributed by atoms with Crippen molar-refractivity contribution in [3.63, 3.8) is 0 Å². The minimum absolute atomic E-state index is 0.00892. The van der Waals surface area contributed by atoms with E-state index in [-0.39, 0.29) is 29.1 Å². The number of nitrogens with one attached hydrogen (secondary N) is 1. The Morgan fingerprint density at radius 1 is 1.08 bits per heavy atom. The van der Waals surface area contributed by atoms with Crippen LogP contribution < -0.4 is 16.8 Å². The Labute approximate surface area is 151 Å². The molecule has 0 aliphatic carbocycles. The van der Waals surface area contributed by atoms with E-state index in [1.165, 1.54) is 12.5 Å². The van der Waals surface area contributed by atoms with Crippen LogP contribution in [0.25, 0.3) is 0 Å². The molecule has 142 valence electrons. The summed E-state index contributed by atoms with van der Waals surface area (Å²) in [7, 11) is 0. The van der Waals surface area contributed by atoms with Gasteiger partial charge in [0.1, 0.15) is 18.6 Å². The number of nitrogens with zero attached hydrogens (tertiary/aromatic N) is 2. The van der Waals surface area contributed by atoms with E-state index in [0.29, 0.717) is 12.3 Å². The van der Waals surface area contributed by atoms with Crippen molar-refractivity contribution < 1.29 is 18.4 Å². The Kier molecular flexibility index (Phi) is 6.14. The van der Waals surface area contributed by atoms with Crippen LogP contribution in [0.2, 0.25) is 0 Å². The Bertz CT molecular complexity index is 765. The second-order valence-corrected chi connectivity index (χ2v) is 6.93. The normalized spacial score (nSPS) is 13.8. The number of aromatic nitrogens is 2. The van der Waals surface area contributed by atoms with E-state index in [2.05, 4.69) is 15.3 Å². The maximum atomic E-state index is 12.5. The van der Waals surface area contributed by atoms with Crippen LogP contribution in [0.1, 0.15) is 79.0 Å². The molecule has 2 amide bonds. The standard InChI is InChI=1S/C17H25N5O4/c1-8(2)5-10(16-21-11(6-25-16)14(19)23)20-15(24)12-7-26-17(22-12)13(18)9(3)4/h6-10,13H,5,18H2,1-4H3,(H2,19,23)(H,20,24)/t10-,13-/m0/s1. The van der Waals surface area contributed by atoms with E-state index in [0.717, 1.165) is 0 Å². The first-order chi connectivity index (χ1) is 12.2. The second kappa shape index (κ2) is 8.13. The number of hydrogen-bond donors (Lipinski definition) is 3. The van der Waals surface area contributed by atoms with E-state index in [1.807, 2.05) is 27.7 Å². The summed E-state index contributed by atoms with van der Waals surface area (Å²) < 4.78 is 10.6. The van der Waals surface area contributed by atoms with E-state index >= 15 is 0 Å². The largest absolute Gasteiger partial charge is 0.446 e. The molecule has 0 aliphatic rings. The quantitative estimate of drug-likeness (QED) is 0.648. The van der Waals surface area contributed by atoms with Gasteiger partial charge in [-0.05, 0) is 18.3 Å². The van der Waals surface area contributed by atoms with E-state index in [1.54, 1.807) is 0 Å². The molecule has 2 atom stereocenters. The summed E-state index contributed by atoms with van der Waals surface area (Å²) >= 11 is 0. The molecule has 0 saturated heterocycles. The van der Waals surface area contributed by atoms with Gasteiger partial charge >= 0.3 is 0 Å². The number of primary amides is 1. The fraction of sp³-hybridized carbons (Fsp3) is 0.529. The summed E-state index contributed by atoms with van der Waals surface area (Å²) in [6, 6.07) is -0.928. The highest BCUT2D eigenvalue weighted by Crippen LogP contribution is 2.22. The number of hydrogen-bond acceptors (Lipinski definition) is 7. The SMILES string of the molecule is CC(C)C[C@H](NC(=O)c1coc([C@@H](N)C(C)C)n1)c1nc(C(N)=O)co1. The first-order valence-corrected chi connectivity index (χ1v) is 8.46. The highest BCUT2D eigenvalue weighted by Gasteiger charge is 2.25. The predicted molar refractivity (Wildman–Crippen MR) is 93.0 cm³/mol. The third kappa shape index (κ3) is 4.69. The van der Waals surface area contributed by atoms with Crippen molar-refractivity contribution in [1.82, 2.24) is 15.3 Å². The second-order valence-electron chi connectivity index (χ2n) is 6.93. The van der Waals surface area contributed by atoms with Crippen molar-refractivity contribution in [2.75, 3.05) is 0 Å². The van der Waals surface area contributed by atoms with Gasteiger partial charge in [-0.1, -0.05) is 27.7 Å². The molecular weight excluding hydrogens is 338 g/mol. The molecule has 26 heavy (non-hydrogen) atoms. The van der Waals surface area contributed by atoms with Crippen LogP contribution in [-0.2, 0) is 0 Å². The predicted octanol–water partition coefficient (Wildman–Crippen LogP) is 1.93. The average Bonchev–Trinajstić information content (AvgIpc) is 3.22. The molecule has 9 heteroatoms. The number of amides is 2. The van der Waals surface area contributed by atoms with Gasteiger partial charge in [-0.2, -0.15) is 0 Å². The molecule has 0 aliphatic heterocycles. The molecule has 2 aromatic heterocycles. The smallest absolute Gasteiger partial charge is 0.273 e. The third-order valence-electron chi connectivity index (χ3n) is 3.84. The maximum Gasteiger partial charge on any atom is 0.273 e. The van der Waals surface area contributed by atoms with Gasteiger partial charge in [0.2, 0.25) is 11.8 Å². The topological polar surface area (TPSA) is 150 Å². The minimum Gasteiger partial charge on any atom is -0.446 e. The lowest BCUT2D eigenvalue weighted by Gasteiger charge is -2.16. The zero-order chi connectivity index (χ0) is 19.4. The number of oxazole rings is 2. The first-order valence-electron chi connectivity index (χ1n) is 8.46. The molecular formula is C17H25N5O4. The summed E-state index contributed by atoms with van der Waals surface area (Å²) in [4.78, 5) is 31.9. The summed E-state index contributed by atoms with van der Waals surface area (Å²) in [6.07, 6.45) is 3.00. The van der Waals surface area contributed by atoms with Crippen LogP contribution in [0.3, 0.4) is 0 Å². The van der Waals surface area contributed by atoms with Gasteiger partial charge in [0.25, 0.3) is 11.8 Å². The maximum absolute atomic E-state index is 12.5. The number of nitrogens with two attached hydrogens (primary N) is 2. The van der Waals surface area contributed by atoms with E-state index < -0.39 is 23.9 Å². The fourth-order valence-electron chi connectivity index (χ4n) is 2.32.